The zero-order valence-electron chi connectivity index (χ0n) is 11.4. The molecule has 1 aliphatic heterocycles. The van der Waals surface area contributed by atoms with Crippen LogP contribution in [0, 0.1) is 10.1 Å². The zero-order valence-corrected chi connectivity index (χ0v) is 11.4. The van der Waals surface area contributed by atoms with Gasteiger partial charge in [-0.25, -0.2) is 0 Å². The van der Waals surface area contributed by atoms with Gasteiger partial charge >= 0.3 is 0 Å². The first-order chi connectivity index (χ1) is 10.1. The number of nitrogens with zero attached hydrogens (tertiary/aromatic N) is 1. The van der Waals surface area contributed by atoms with E-state index in [1.165, 1.54) is 23.3 Å². The van der Waals surface area contributed by atoms with Gasteiger partial charge in [0.25, 0.3) is 5.69 Å². The van der Waals surface area contributed by atoms with Gasteiger partial charge in [0.2, 0.25) is 0 Å². The van der Waals surface area contributed by atoms with Crippen LogP contribution in [-0.2, 0) is 6.54 Å². The van der Waals surface area contributed by atoms with Crippen molar-refractivity contribution in [2.24, 2.45) is 0 Å². The number of fused-ring (bicyclic) bond motifs is 1. The molecule has 0 saturated heterocycles. The Kier molecular flexibility index (Phi) is 3.68. The van der Waals surface area contributed by atoms with Crippen molar-refractivity contribution in [3.05, 3.63) is 75.3 Å². The summed E-state index contributed by atoms with van der Waals surface area (Å²) in [6.45, 7) is 0.813. The highest BCUT2D eigenvalue weighted by Crippen LogP contribution is 2.32. The quantitative estimate of drug-likeness (QED) is 0.668. The summed E-state index contributed by atoms with van der Waals surface area (Å²) in [5.74, 6) is 0. The van der Waals surface area contributed by atoms with Crippen molar-refractivity contribution in [1.82, 2.24) is 5.32 Å². The number of aliphatic hydroxyl groups is 1. The molecule has 2 atom stereocenters. The summed E-state index contributed by atoms with van der Waals surface area (Å²) in [6.07, 6.45) is -0.0936. The van der Waals surface area contributed by atoms with Crippen LogP contribution >= 0.6 is 0 Å². The molecule has 5 nitrogen and oxygen atoms in total. The van der Waals surface area contributed by atoms with E-state index in [2.05, 4.69) is 17.4 Å². The van der Waals surface area contributed by atoms with Gasteiger partial charge in [0.05, 0.1) is 11.0 Å². The minimum Gasteiger partial charge on any atom is -0.388 e. The number of aliphatic hydroxyl groups excluding tert-OH is 1. The maximum absolute atomic E-state index is 10.6. The van der Waals surface area contributed by atoms with E-state index < -0.39 is 11.0 Å². The van der Waals surface area contributed by atoms with Crippen LogP contribution in [0.3, 0.4) is 0 Å². The van der Waals surface area contributed by atoms with Gasteiger partial charge in [0, 0.05) is 24.7 Å². The number of hydrogen-bond donors (Lipinski definition) is 2. The van der Waals surface area contributed by atoms with Crippen LogP contribution < -0.4 is 5.32 Å². The number of benzene rings is 2. The highest BCUT2D eigenvalue weighted by molar-refractivity contribution is 5.36. The third-order valence-corrected chi connectivity index (χ3v) is 3.92. The normalized spacial score (nSPS) is 18.2. The molecule has 0 spiro atoms. The summed E-state index contributed by atoms with van der Waals surface area (Å²) in [7, 11) is 0. The first-order valence-electron chi connectivity index (χ1n) is 6.89. The number of nitro groups is 1. The number of nitrogens with one attached hydrogen (secondary N) is 1. The molecule has 0 unspecified atom stereocenters. The van der Waals surface area contributed by atoms with Crippen LogP contribution in [0.15, 0.2) is 48.5 Å². The maximum atomic E-state index is 10.6. The van der Waals surface area contributed by atoms with E-state index in [4.69, 9.17) is 0 Å². The summed E-state index contributed by atoms with van der Waals surface area (Å²) in [6, 6.07) is 14.4. The van der Waals surface area contributed by atoms with E-state index in [0.29, 0.717) is 12.0 Å². The Morgan fingerprint density at radius 1 is 1.24 bits per heavy atom. The van der Waals surface area contributed by atoms with Gasteiger partial charge in [0.15, 0.2) is 0 Å². The van der Waals surface area contributed by atoms with Gasteiger partial charge < -0.3 is 10.4 Å². The number of hydrogen-bond acceptors (Lipinski definition) is 4. The van der Waals surface area contributed by atoms with Crippen molar-refractivity contribution in [1.29, 1.82) is 0 Å². The lowest BCUT2D eigenvalue weighted by atomic mass is 9.97. The fraction of sp³-hybridized carbons (Fsp3) is 0.250. The maximum Gasteiger partial charge on any atom is 0.269 e. The molecule has 0 amide bonds. The molecule has 1 aliphatic rings. The third-order valence-electron chi connectivity index (χ3n) is 3.92. The lowest BCUT2D eigenvalue weighted by molar-refractivity contribution is -0.384. The molecule has 0 aliphatic carbocycles. The molecule has 0 fully saturated rings. The standard InChI is InChI=1S/C16H16N2O3/c19-16(11-5-7-13(8-6-11)18(20)21)9-15-14-4-2-1-3-12(14)10-17-15/h1-8,15-17,19H,9-10H2/t15-,16-/m0/s1. The zero-order chi connectivity index (χ0) is 14.8. The van der Waals surface area contributed by atoms with E-state index in [1.807, 2.05) is 12.1 Å². The molecule has 0 radical (unpaired) electrons. The Labute approximate surface area is 122 Å². The molecule has 2 aromatic carbocycles. The molecule has 2 aromatic rings. The van der Waals surface area contributed by atoms with Gasteiger partial charge in [-0.1, -0.05) is 24.3 Å². The van der Waals surface area contributed by atoms with Gasteiger partial charge in [0.1, 0.15) is 0 Å². The van der Waals surface area contributed by atoms with Crippen molar-refractivity contribution < 1.29 is 10.0 Å². The molecule has 21 heavy (non-hydrogen) atoms. The fourth-order valence-corrected chi connectivity index (χ4v) is 2.77. The second-order valence-corrected chi connectivity index (χ2v) is 5.23. The Balaban J connectivity index is 1.72. The average molecular weight is 284 g/mol. The van der Waals surface area contributed by atoms with E-state index in [9.17, 15) is 15.2 Å². The predicted octanol–water partition coefficient (Wildman–Crippen LogP) is 2.86. The average Bonchev–Trinajstić information content (AvgIpc) is 2.91. The number of non-ortho nitro benzene ring substituents is 1. The first-order valence-corrected chi connectivity index (χ1v) is 6.89. The highest BCUT2D eigenvalue weighted by Gasteiger charge is 2.24. The van der Waals surface area contributed by atoms with E-state index in [1.54, 1.807) is 12.1 Å². The Hall–Kier alpha value is -2.24. The Bertz CT molecular complexity index is 655. The van der Waals surface area contributed by atoms with Crippen LogP contribution in [0.25, 0.3) is 0 Å². The minimum absolute atomic E-state index is 0.0373. The monoisotopic (exact) mass is 284 g/mol. The lowest BCUT2D eigenvalue weighted by Crippen LogP contribution is -2.15. The third kappa shape index (κ3) is 2.79. The van der Waals surface area contributed by atoms with E-state index in [-0.39, 0.29) is 11.7 Å². The van der Waals surface area contributed by atoms with Crippen LogP contribution in [-0.4, -0.2) is 10.0 Å². The predicted molar refractivity (Wildman–Crippen MR) is 78.7 cm³/mol. The molecular formula is C16H16N2O3. The number of nitro benzene ring substituents is 1. The summed E-state index contributed by atoms with van der Waals surface area (Å²) in [5, 5.41) is 24.3. The molecule has 3 rings (SSSR count). The molecule has 0 aromatic heterocycles. The first kappa shape index (κ1) is 13.7. The summed E-state index contributed by atoms with van der Waals surface area (Å²) in [4.78, 5) is 10.2. The summed E-state index contributed by atoms with van der Waals surface area (Å²) < 4.78 is 0. The van der Waals surface area contributed by atoms with Crippen LogP contribution in [0.5, 0.6) is 0 Å². The summed E-state index contributed by atoms with van der Waals surface area (Å²) in [5.41, 5.74) is 3.22. The fourth-order valence-electron chi connectivity index (χ4n) is 2.77. The second kappa shape index (κ2) is 5.63. The molecular weight excluding hydrogens is 268 g/mol. The summed E-state index contributed by atoms with van der Waals surface area (Å²) >= 11 is 0. The smallest absolute Gasteiger partial charge is 0.269 e. The van der Waals surface area contributed by atoms with Crippen LogP contribution in [0.1, 0.15) is 35.3 Å². The van der Waals surface area contributed by atoms with Gasteiger partial charge in [-0.2, -0.15) is 0 Å². The SMILES string of the molecule is O=[N+]([O-])c1ccc([C@@H](O)C[C@@H]2NCc3ccccc32)cc1. The molecule has 0 bridgehead atoms. The largest absolute Gasteiger partial charge is 0.388 e. The molecule has 0 saturated carbocycles. The van der Waals surface area contributed by atoms with Crippen molar-refractivity contribution >= 4 is 5.69 Å². The second-order valence-electron chi connectivity index (χ2n) is 5.23. The topological polar surface area (TPSA) is 75.4 Å². The van der Waals surface area contributed by atoms with Gasteiger partial charge in [-0.15, -0.1) is 0 Å². The van der Waals surface area contributed by atoms with Gasteiger partial charge in [-0.05, 0) is 35.2 Å². The number of rotatable bonds is 4. The Morgan fingerprint density at radius 3 is 2.67 bits per heavy atom. The van der Waals surface area contributed by atoms with Crippen molar-refractivity contribution in [2.45, 2.75) is 25.1 Å². The van der Waals surface area contributed by atoms with Crippen molar-refractivity contribution in [2.75, 3.05) is 0 Å². The van der Waals surface area contributed by atoms with Crippen molar-refractivity contribution in [3.63, 3.8) is 0 Å². The molecule has 108 valence electrons. The molecule has 2 N–H and O–H groups in total. The van der Waals surface area contributed by atoms with Crippen LogP contribution in [0.4, 0.5) is 5.69 Å². The van der Waals surface area contributed by atoms with Gasteiger partial charge in [-0.3, -0.25) is 10.1 Å². The minimum atomic E-state index is -0.644. The van der Waals surface area contributed by atoms with E-state index >= 15 is 0 Å². The van der Waals surface area contributed by atoms with E-state index in [0.717, 1.165) is 6.54 Å². The lowest BCUT2D eigenvalue weighted by Gasteiger charge is -2.17. The van der Waals surface area contributed by atoms with Crippen molar-refractivity contribution in [3.8, 4) is 0 Å². The molecule has 1 heterocycles. The highest BCUT2D eigenvalue weighted by atomic mass is 16.6. The van der Waals surface area contributed by atoms with Crippen LogP contribution in [0.2, 0.25) is 0 Å². The Morgan fingerprint density at radius 2 is 1.95 bits per heavy atom. The molecule has 5 heteroatoms.